The Kier molecular flexibility index (Phi) is 6.96. The molecule has 0 bridgehead atoms. The molecule has 1 N–H and O–H groups in total. The summed E-state index contributed by atoms with van der Waals surface area (Å²) in [4.78, 5) is 0. The van der Waals surface area contributed by atoms with E-state index in [0.29, 0.717) is 15.1 Å². The van der Waals surface area contributed by atoms with E-state index in [1.807, 2.05) is 0 Å². The highest BCUT2D eigenvalue weighted by Gasteiger charge is 2.09. The number of hydrogen-bond donors (Lipinski definition) is 1. The molecule has 0 atom stereocenters. The van der Waals surface area contributed by atoms with Crippen molar-refractivity contribution < 1.29 is 0 Å². The highest BCUT2D eigenvalue weighted by Crippen LogP contribution is 2.30. The summed E-state index contributed by atoms with van der Waals surface area (Å²) >= 11 is 18.2. The minimum atomic E-state index is 0.197. The van der Waals surface area contributed by atoms with E-state index in [1.165, 1.54) is 12.8 Å². The normalized spacial score (nSPS) is 11.9. The fourth-order valence-electron chi connectivity index (χ4n) is 1.88. The lowest BCUT2D eigenvalue weighted by Crippen LogP contribution is -2.36. The van der Waals surface area contributed by atoms with E-state index in [-0.39, 0.29) is 5.54 Å². The molecule has 0 saturated heterocycles. The smallest absolute Gasteiger partial charge is 0.0467 e. The first kappa shape index (κ1) is 17.1. The summed E-state index contributed by atoms with van der Waals surface area (Å²) < 4.78 is 0. The van der Waals surface area contributed by atoms with Gasteiger partial charge < -0.3 is 5.32 Å². The number of halogens is 3. The van der Waals surface area contributed by atoms with Crippen LogP contribution in [0.25, 0.3) is 0 Å². The average Bonchev–Trinajstić information content (AvgIpc) is 2.24. The second-order valence-electron chi connectivity index (χ2n) is 5.84. The summed E-state index contributed by atoms with van der Waals surface area (Å²) in [5, 5.41) is 5.42. The predicted octanol–water partition coefficient (Wildman–Crippen LogP) is 5.75. The van der Waals surface area contributed by atoms with E-state index in [1.54, 1.807) is 12.1 Å². The van der Waals surface area contributed by atoms with Gasteiger partial charge in [0.05, 0.1) is 0 Å². The van der Waals surface area contributed by atoms with Crippen LogP contribution >= 0.6 is 34.8 Å². The third kappa shape index (κ3) is 6.85. The molecular weight excluding hydrogens is 301 g/mol. The Morgan fingerprint density at radius 3 is 2.05 bits per heavy atom. The van der Waals surface area contributed by atoms with Crippen molar-refractivity contribution >= 4 is 34.8 Å². The van der Waals surface area contributed by atoms with Crippen LogP contribution < -0.4 is 5.32 Å². The number of nitrogens with one attached hydrogen (secondary N) is 1. The van der Waals surface area contributed by atoms with Crippen molar-refractivity contribution in [2.24, 2.45) is 0 Å². The monoisotopic (exact) mass is 321 g/mol. The van der Waals surface area contributed by atoms with E-state index >= 15 is 0 Å². The van der Waals surface area contributed by atoms with Crippen LogP contribution in [-0.4, -0.2) is 12.1 Å². The molecule has 0 aliphatic carbocycles. The average molecular weight is 323 g/mol. The van der Waals surface area contributed by atoms with Gasteiger partial charge in [-0.15, -0.1) is 0 Å². The van der Waals surface area contributed by atoms with Crippen molar-refractivity contribution in [1.82, 2.24) is 5.32 Å². The van der Waals surface area contributed by atoms with Crippen molar-refractivity contribution in [3.05, 3.63) is 32.8 Å². The van der Waals surface area contributed by atoms with Gasteiger partial charge in [0.2, 0.25) is 0 Å². The van der Waals surface area contributed by atoms with Gasteiger partial charge in [0.1, 0.15) is 0 Å². The molecule has 0 spiro atoms. The molecule has 0 unspecified atom stereocenters. The molecule has 0 radical (unpaired) electrons. The van der Waals surface area contributed by atoms with Crippen LogP contribution in [-0.2, 0) is 6.42 Å². The van der Waals surface area contributed by atoms with Gasteiger partial charge >= 0.3 is 0 Å². The lowest BCUT2D eigenvalue weighted by Gasteiger charge is -2.20. The fourth-order valence-corrected chi connectivity index (χ4v) is 2.88. The molecule has 0 aromatic heterocycles. The Balaban J connectivity index is 2.30. The summed E-state index contributed by atoms with van der Waals surface area (Å²) in [5.41, 5.74) is 1.21. The third-order valence-electron chi connectivity index (χ3n) is 2.86. The Morgan fingerprint density at radius 2 is 1.53 bits per heavy atom. The third-order valence-corrected chi connectivity index (χ3v) is 3.76. The molecule has 19 heavy (non-hydrogen) atoms. The maximum Gasteiger partial charge on any atom is 0.0467 e. The van der Waals surface area contributed by atoms with E-state index in [9.17, 15) is 0 Å². The first-order chi connectivity index (χ1) is 8.79. The van der Waals surface area contributed by atoms with Crippen molar-refractivity contribution in [3.8, 4) is 0 Å². The lowest BCUT2D eigenvalue weighted by atomic mass is 10.1. The topological polar surface area (TPSA) is 12.0 Å². The summed E-state index contributed by atoms with van der Waals surface area (Å²) in [5.74, 6) is 0. The quantitative estimate of drug-likeness (QED) is 0.658. The van der Waals surface area contributed by atoms with Crippen molar-refractivity contribution in [3.63, 3.8) is 0 Å². The van der Waals surface area contributed by atoms with Crippen LogP contribution in [0.5, 0.6) is 0 Å². The van der Waals surface area contributed by atoms with E-state index in [0.717, 1.165) is 24.9 Å². The van der Waals surface area contributed by atoms with Crippen LogP contribution in [0.3, 0.4) is 0 Å². The number of rotatable bonds is 6. The van der Waals surface area contributed by atoms with E-state index < -0.39 is 0 Å². The molecule has 4 heteroatoms. The summed E-state index contributed by atoms with van der Waals surface area (Å²) in [7, 11) is 0. The van der Waals surface area contributed by atoms with Crippen LogP contribution in [0.4, 0.5) is 0 Å². The largest absolute Gasteiger partial charge is 0.312 e. The molecule has 0 aliphatic heterocycles. The van der Waals surface area contributed by atoms with Gasteiger partial charge in [-0.05, 0) is 64.3 Å². The molecule has 0 saturated carbocycles. The molecule has 0 heterocycles. The van der Waals surface area contributed by atoms with Crippen LogP contribution in [0, 0.1) is 0 Å². The van der Waals surface area contributed by atoms with Gasteiger partial charge in [0, 0.05) is 20.6 Å². The lowest BCUT2D eigenvalue weighted by molar-refractivity contribution is 0.417. The second-order valence-corrected chi connectivity index (χ2v) is 7.09. The van der Waals surface area contributed by atoms with Gasteiger partial charge in [-0.25, -0.2) is 0 Å². The maximum atomic E-state index is 6.15. The fraction of sp³-hybridized carbons (Fsp3) is 0.600. The second kappa shape index (κ2) is 7.73. The van der Waals surface area contributed by atoms with E-state index in [2.05, 4.69) is 26.1 Å². The Hall–Kier alpha value is 0.0500. The molecular formula is C15H22Cl3N. The zero-order valence-corrected chi connectivity index (χ0v) is 14.1. The van der Waals surface area contributed by atoms with Gasteiger partial charge in [0.15, 0.2) is 0 Å². The predicted molar refractivity (Wildman–Crippen MR) is 86.8 cm³/mol. The molecule has 1 nitrogen and oxygen atoms in total. The van der Waals surface area contributed by atoms with Crippen LogP contribution in [0.2, 0.25) is 15.1 Å². The molecule has 0 fully saturated rings. The van der Waals surface area contributed by atoms with Crippen LogP contribution in [0.1, 0.15) is 45.6 Å². The highest BCUT2D eigenvalue weighted by atomic mass is 35.5. The Morgan fingerprint density at radius 1 is 0.947 bits per heavy atom. The van der Waals surface area contributed by atoms with Crippen molar-refractivity contribution in [2.75, 3.05) is 6.54 Å². The SMILES string of the molecule is CC(C)(C)NCCCCCc1c(Cl)cc(Cl)cc1Cl. The molecule has 1 aromatic carbocycles. The zero-order valence-electron chi connectivity index (χ0n) is 11.8. The van der Waals surface area contributed by atoms with Gasteiger partial charge in [0.25, 0.3) is 0 Å². The zero-order chi connectivity index (χ0) is 14.5. The number of benzene rings is 1. The van der Waals surface area contributed by atoms with Gasteiger partial charge in [-0.1, -0.05) is 41.2 Å². The molecule has 1 aromatic rings. The number of unbranched alkanes of at least 4 members (excludes halogenated alkanes) is 2. The minimum absolute atomic E-state index is 0.197. The van der Waals surface area contributed by atoms with Gasteiger partial charge in [-0.2, -0.15) is 0 Å². The minimum Gasteiger partial charge on any atom is -0.312 e. The molecule has 0 aliphatic rings. The summed E-state index contributed by atoms with van der Waals surface area (Å²) in [6.45, 7) is 7.59. The maximum absolute atomic E-state index is 6.15. The number of hydrogen-bond acceptors (Lipinski definition) is 1. The first-order valence-electron chi connectivity index (χ1n) is 6.68. The first-order valence-corrected chi connectivity index (χ1v) is 7.81. The van der Waals surface area contributed by atoms with Gasteiger partial charge in [-0.3, -0.25) is 0 Å². The standard InChI is InChI=1S/C15H22Cl3N/c1-15(2,3)19-8-6-4-5-7-12-13(17)9-11(16)10-14(12)18/h9-10,19H,4-8H2,1-3H3. The molecule has 0 amide bonds. The molecule has 1 rings (SSSR count). The molecule has 108 valence electrons. The highest BCUT2D eigenvalue weighted by molar-refractivity contribution is 6.39. The Bertz CT molecular complexity index is 387. The van der Waals surface area contributed by atoms with Crippen molar-refractivity contribution in [1.29, 1.82) is 0 Å². The van der Waals surface area contributed by atoms with Crippen LogP contribution in [0.15, 0.2) is 12.1 Å². The summed E-state index contributed by atoms with van der Waals surface area (Å²) in [6.07, 6.45) is 4.33. The van der Waals surface area contributed by atoms with E-state index in [4.69, 9.17) is 34.8 Å². The van der Waals surface area contributed by atoms with Crippen molar-refractivity contribution in [2.45, 2.75) is 52.0 Å². The Labute approximate surface area is 131 Å². The summed E-state index contributed by atoms with van der Waals surface area (Å²) in [6, 6.07) is 3.51.